The lowest BCUT2D eigenvalue weighted by Gasteiger charge is -2.32. The molecule has 0 bridgehead atoms. The summed E-state index contributed by atoms with van der Waals surface area (Å²) in [4.78, 5) is 49.9. The predicted octanol–water partition coefficient (Wildman–Crippen LogP) is 3.79. The molecule has 1 aromatic rings. The van der Waals surface area contributed by atoms with E-state index in [2.05, 4.69) is 14.4 Å². The van der Waals surface area contributed by atoms with Gasteiger partial charge in [-0.05, 0) is 54.9 Å². The van der Waals surface area contributed by atoms with Gasteiger partial charge in [-0.1, -0.05) is 5.16 Å². The number of aromatic nitrogens is 2. The lowest BCUT2D eigenvalue weighted by Crippen LogP contribution is -2.52. The summed E-state index contributed by atoms with van der Waals surface area (Å²) in [7, 11) is 1.01. The number of halogens is 2. The molecule has 0 radical (unpaired) electrons. The molecule has 0 aliphatic rings. The Balaban J connectivity index is 3.24. The molecule has 0 aromatic carbocycles. The molecule has 34 heavy (non-hydrogen) atoms. The van der Waals surface area contributed by atoms with Crippen LogP contribution in [0.4, 0.5) is 18.4 Å². The number of imide groups is 1. The van der Waals surface area contributed by atoms with Crippen LogP contribution in [0.1, 0.15) is 60.2 Å². The highest BCUT2D eigenvalue weighted by Crippen LogP contribution is 2.23. The van der Waals surface area contributed by atoms with Crippen molar-refractivity contribution in [3.63, 3.8) is 0 Å². The predicted molar refractivity (Wildman–Crippen MR) is 114 cm³/mol. The van der Waals surface area contributed by atoms with E-state index < -0.39 is 72.2 Å². The normalized spacial score (nSPS) is 13.6. The molecule has 0 spiro atoms. The van der Waals surface area contributed by atoms with Gasteiger partial charge in [-0.3, -0.25) is 9.09 Å². The van der Waals surface area contributed by atoms with E-state index in [1.165, 1.54) is 48.5 Å². The maximum Gasteiger partial charge on any atom is 0.441 e. The summed E-state index contributed by atoms with van der Waals surface area (Å²) in [6.45, 7) is 9.81. The largest absolute Gasteiger partial charge is 0.467 e. The molecule has 0 aliphatic heterocycles. The van der Waals surface area contributed by atoms with Gasteiger partial charge in [0.05, 0.1) is 13.7 Å². The van der Waals surface area contributed by atoms with E-state index in [1.807, 2.05) is 0 Å². The molecule has 2 amide bonds. The summed E-state index contributed by atoms with van der Waals surface area (Å²) >= 11 is 0. The zero-order chi connectivity index (χ0) is 26.4. The van der Waals surface area contributed by atoms with Gasteiger partial charge in [0.15, 0.2) is 11.7 Å². The molecule has 1 heterocycles. The van der Waals surface area contributed by atoms with E-state index in [1.54, 1.807) is 0 Å². The summed E-state index contributed by atoms with van der Waals surface area (Å²) in [5.74, 6) is -4.65. The molecule has 192 valence electrons. The van der Waals surface area contributed by atoms with Crippen LogP contribution in [-0.4, -0.2) is 57.1 Å². The molecule has 1 aromatic heterocycles. The van der Waals surface area contributed by atoms with E-state index in [4.69, 9.17) is 9.47 Å². The highest BCUT2D eigenvalue weighted by molar-refractivity contribution is 5.94. The van der Waals surface area contributed by atoms with Crippen LogP contribution in [0.25, 0.3) is 0 Å². The number of carbonyl (C=O) groups excluding carboxylic acids is 3. The average Bonchev–Trinajstić information content (AvgIpc) is 2.99. The van der Waals surface area contributed by atoms with E-state index in [0.717, 1.165) is 11.7 Å². The Morgan fingerprint density at radius 2 is 1.53 bits per heavy atom. The monoisotopic (exact) mass is 491 g/mol. The van der Waals surface area contributed by atoms with Gasteiger partial charge >= 0.3 is 23.9 Å². The van der Waals surface area contributed by atoms with Crippen LogP contribution in [-0.2, 0) is 25.5 Å². The Bertz CT molecular complexity index is 957. The molecule has 0 saturated carbocycles. The second kappa shape index (κ2) is 11.3. The van der Waals surface area contributed by atoms with Crippen LogP contribution < -0.4 is 5.76 Å². The third kappa shape index (κ3) is 8.60. The van der Waals surface area contributed by atoms with Gasteiger partial charge in [0.2, 0.25) is 0 Å². The number of methoxy groups -OCH3 is 1. The van der Waals surface area contributed by atoms with Gasteiger partial charge in [0.1, 0.15) is 23.1 Å². The third-order valence-corrected chi connectivity index (χ3v) is 4.06. The maximum atomic E-state index is 14.5. The molecule has 0 unspecified atom stereocenters. The molecule has 0 aliphatic carbocycles. The first-order chi connectivity index (χ1) is 15.5. The maximum absolute atomic E-state index is 14.5. The Morgan fingerprint density at radius 1 is 1.03 bits per heavy atom. The molecule has 11 nitrogen and oxygen atoms in total. The smallest absolute Gasteiger partial charge is 0.441 e. The van der Waals surface area contributed by atoms with E-state index in [9.17, 15) is 28.0 Å². The first kappa shape index (κ1) is 28.8. The fourth-order valence-electron chi connectivity index (χ4n) is 2.58. The number of nitrogens with zero attached hydrogens (tertiary/aromatic N) is 3. The zero-order valence-corrected chi connectivity index (χ0v) is 20.6. The van der Waals surface area contributed by atoms with Gasteiger partial charge < -0.3 is 14.2 Å². The molecule has 0 saturated heterocycles. The fourth-order valence-corrected chi connectivity index (χ4v) is 2.58. The highest BCUT2D eigenvalue weighted by atomic mass is 19.2. The number of aryl methyl sites for hydroxylation is 1. The van der Waals surface area contributed by atoms with Crippen LogP contribution in [0.2, 0.25) is 0 Å². The van der Waals surface area contributed by atoms with Gasteiger partial charge in [-0.25, -0.2) is 28.0 Å². The van der Waals surface area contributed by atoms with Gasteiger partial charge in [0, 0.05) is 6.42 Å². The Kier molecular flexibility index (Phi) is 9.52. The highest BCUT2D eigenvalue weighted by Gasteiger charge is 2.41. The van der Waals surface area contributed by atoms with Gasteiger partial charge in [-0.15, -0.1) is 0 Å². The number of ether oxygens (including phenoxy) is 3. The molecule has 0 N–H and O–H groups in total. The standard InChI is InChI=1S/C21H31F2N3O8/c1-12-24-34-17(28)25(12)11-14(23)13(22)9-10-15(16(27)31-8)26(18(29)32-20(2,3)4)19(30)33-21(5,6)7/h15H,9-11H2,1-8H3/b14-13+/t15-/m0/s1. The number of hydrogen-bond acceptors (Lipinski definition) is 9. The second-order valence-corrected chi connectivity index (χ2v) is 9.30. The third-order valence-electron chi connectivity index (χ3n) is 4.06. The number of amides is 2. The van der Waals surface area contributed by atoms with E-state index >= 15 is 0 Å². The lowest BCUT2D eigenvalue weighted by molar-refractivity contribution is -0.147. The van der Waals surface area contributed by atoms with Crippen molar-refractivity contribution in [2.45, 2.75) is 85.1 Å². The minimum atomic E-state index is -1.69. The molecule has 1 atom stereocenters. The van der Waals surface area contributed by atoms with Crippen LogP contribution in [0.15, 0.2) is 21.0 Å². The summed E-state index contributed by atoms with van der Waals surface area (Å²) < 4.78 is 49.1. The van der Waals surface area contributed by atoms with Crippen molar-refractivity contribution in [2.75, 3.05) is 7.11 Å². The minimum absolute atomic E-state index is 0.0291. The van der Waals surface area contributed by atoms with Crippen molar-refractivity contribution in [1.29, 1.82) is 0 Å². The zero-order valence-electron chi connectivity index (χ0n) is 20.6. The van der Waals surface area contributed by atoms with Crippen molar-refractivity contribution < 1.29 is 41.9 Å². The summed E-state index contributed by atoms with van der Waals surface area (Å²) in [6, 6.07) is -1.69. The molecule has 1 rings (SSSR count). The topological polar surface area (TPSA) is 130 Å². The summed E-state index contributed by atoms with van der Waals surface area (Å²) in [6.07, 6.45) is -3.73. The van der Waals surface area contributed by atoms with Crippen molar-refractivity contribution in [2.24, 2.45) is 0 Å². The van der Waals surface area contributed by atoms with Crippen molar-refractivity contribution in [3.8, 4) is 0 Å². The number of allylic oxidation sites excluding steroid dienone is 2. The number of esters is 1. The minimum Gasteiger partial charge on any atom is -0.467 e. The Labute approximate surface area is 195 Å². The van der Waals surface area contributed by atoms with Crippen LogP contribution in [0.5, 0.6) is 0 Å². The van der Waals surface area contributed by atoms with Gasteiger partial charge in [0.25, 0.3) is 0 Å². The number of rotatable bonds is 7. The van der Waals surface area contributed by atoms with Crippen LogP contribution in [0.3, 0.4) is 0 Å². The van der Waals surface area contributed by atoms with E-state index in [-0.39, 0.29) is 5.82 Å². The quantitative estimate of drug-likeness (QED) is 0.413. The molecular weight excluding hydrogens is 460 g/mol. The van der Waals surface area contributed by atoms with Crippen molar-refractivity contribution in [3.05, 3.63) is 28.0 Å². The molecule has 0 fully saturated rings. The van der Waals surface area contributed by atoms with Crippen molar-refractivity contribution >= 4 is 18.2 Å². The second-order valence-electron chi connectivity index (χ2n) is 9.30. The summed E-state index contributed by atoms with van der Waals surface area (Å²) in [5, 5.41) is 3.35. The molecular formula is C21H31F2N3O8. The molecule has 13 heteroatoms. The van der Waals surface area contributed by atoms with Crippen LogP contribution >= 0.6 is 0 Å². The average molecular weight is 491 g/mol. The first-order valence-corrected chi connectivity index (χ1v) is 10.4. The van der Waals surface area contributed by atoms with Crippen molar-refractivity contribution in [1.82, 2.24) is 14.6 Å². The number of carbonyl (C=O) groups is 3. The Morgan fingerprint density at radius 3 is 1.91 bits per heavy atom. The number of hydrogen-bond donors (Lipinski definition) is 0. The summed E-state index contributed by atoms with van der Waals surface area (Å²) in [5.41, 5.74) is -2.09. The lowest BCUT2D eigenvalue weighted by atomic mass is 10.1. The van der Waals surface area contributed by atoms with Crippen LogP contribution in [0, 0.1) is 6.92 Å². The van der Waals surface area contributed by atoms with Gasteiger partial charge in [-0.2, -0.15) is 4.90 Å². The first-order valence-electron chi connectivity index (χ1n) is 10.4. The fraction of sp³-hybridized carbons (Fsp3) is 0.667. The van der Waals surface area contributed by atoms with E-state index in [0.29, 0.717) is 4.90 Å². The Hall–Kier alpha value is -3.25. The SMILES string of the molecule is COC(=O)[C@H](CC/C(F)=C(\F)Cn1c(C)noc1=O)N(C(=O)OC(C)(C)C)C(=O)OC(C)(C)C.